The molecular weight excluding hydrogens is 534 g/mol. The van der Waals surface area contributed by atoms with E-state index in [2.05, 4.69) is 163 Å². The molecule has 0 aliphatic heterocycles. The van der Waals surface area contributed by atoms with Crippen molar-refractivity contribution in [3.63, 3.8) is 0 Å². The molecule has 2 nitrogen and oxygen atoms in total. The first-order valence-electron chi connectivity index (χ1n) is 14.9. The third-order valence-electron chi connectivity index (χ3n) is 8.27. The summed E-state index contributed by atoms with van der Waals surface area (Å²) in [5.74, 6) is 0. The van der Waals surface area contributed by atoms with Crippen LogP contribution in [0.3, 0.4) is 0 Å². The van der Waals surface area contributed by atoms with Crippen LogP contribution in [0.25, 0.3) is 66.4 Å². The molecule has 0 spiro atoms. The SMILES string of the molecule is c1ccc(-c2cccc(-c3ccc(Nc4ccc(-c5cccc(-c6ccc7c(c6)oc6ccccc67)c5)cc4)cc3)c2)cc1. The van der Waals surface area contributed by atoms with E-state index in [-0.39, 0.29) is 0 Å². The van der Waals surface area contributed by atoms with E-state index in [1.165, 1.54) is 38.9 Å². The Morgan fingerprint density at radius 1 is 0.295 bits per heavy atom. The summed E-state index contributed by atoms with van der Waals surface area (Å²) in [4.78, 5) is 0. The van der Waals surface area contributed by atoms with Crippen molar-refractivity contribution >= 4 is 33.3 Å². The summed E-state index contributed by atoms with van der Waals surface area (Å²) in [5, 5.41) is 5.86. The van der Waals surface area contributed by atoms with Crippen LogP contribution in [0.1, 0.15) is 0 Å². The van der Waals surface area contributed by atoms with Crippen molar-refractivity contribution in [2.45, 2.75) is 0 Å². The van der Waals surface area contributed by atoms with Crippen LogP contribution in [-0.2, 0) is 0 Å². The second-order valence-corrected chi connectivity index (χ2v) is 11.1. The first kappa shape index (κ1) is 25.8. The number of fused-ring (bicyclic) bond motifs is 3. The van der Waals surface area contributed by atoms with Crippen molar-refractivity contribution in [1.29, 1.82) is 0 Å². The van der Waals surface area contributed by atoms with Gasteiger partial charge in [0.05, 0.1) is 0 Å². The maximum Gasteiger partial charge on any atom is 0.136 e. The molecule has 0 fully saturated rings. The summed E-state index contributed by atoms with van der Waals surface area (Å²) in [6.45, 7) is 0. The number of hydrogen-bond donors (Lipinski definition) is 1. The van der Waals surface area contributed by atoms with Crippen LogP contribution in [0.5, 0.6) is 0 Å². The highest BCUT2D eigenvalue weighted by Crippen LogP contribution is 2.34. The van der Waals surface area contributed by atoms with E-state index in [0.717, 1.165) is 38.9 Å². The van der Waals surface area contributed by atoms with Crippen molar-refractivity contribution < 1.29 is 4.42 Å². The van der Waals surface area contributed by atoms with Gasteiger partial charge in [0.2, 0.25) is 0 Å². The number of anilines is 2. The fourth-order valence-corrected chi connectivity index (χ4v) is 5.95. The molecule has 0 bridgehead atoms. The van der Waals surface area contributed by atoms with Crippen LogP contribution in [0, 0.1) is 0 Å². The lowest BCUT2D eigenvalue weighted by atomic mass is 9.98. The lowest BCUT2D eigenvalue weighted by Crippen LogP contribution is -1.90. The van der Waals surface area contributed by atoms with E-state index in [4.69, 9.17) is 4.42 Å². The second kappa shape index (κ2) is 11.1. The maximum absolute atomic E-state index is 6.13. The highest BCUT2D eigenvalue weighted by atomic mass is 16.3. The van der Waals surface area contributed by atoms with Crippen LogP contribution in [0.2, 0.25) is 0 Å². The Morgan fingerprint density at radius 3 is 1.34 bits per heavy atom. The lowest BCUT2D eigenvalue weighted by molar-refractivity contribution is 0.669. The average Bonchev–Trinajstić information content (AvgIpc) is 3.47. The monoisotopic (exact) mass is 563 g/mol. The minimum atomic E-state index is 0.915. The van der Waals surface area contributed by atoms with Crippen LogP contribution in [-0.4, -0.2) is 0 Å². The summed E-state index contributed by atoms with van der Waals surface area (Å²) in [5.41, 5.74) is 13.5. The number of furan rings is 1. The molecule has 0 unspecified atom stereocenters. The van der Waals surface area contributed by atoms with E-state index >= 15 is 0 Å². The average molecular weight is 564 g/mol. The van der Waals surface area contributed by atoms with Gasteiger partial charge >= 0.3 is 0 Å². The summed E-state index contributed by atoms with van der Waals surface area (Å²) in [7, 11) is 0. The van der Waals surface area contributed by atoms with Gasteiger partial charge in [0.15, 0.2) is 0 Å². The van der Waals surface area contributed by atoms with Crippen molar-refractivity contribution in [3.05, 3.63) is 170 Å². The smallest absolute Gasteiger partial charge is 0.136 e. The van der Waals surface area contributed by atoms with Gasteiger partial charge in [-0.1, -0.05) is 115 Å². The third-order valence-corrected chi connectivity index (χ3v) is 8.27. The van der Waals surface area contributed by atoms with Crippen LogP contribution in [0.4, 0.5) is 11.4 Å². The van der Waals surface area contributed by atoms with Crippen LogP contribution < -0.4 is 5.32 Å². The van der Waals surface area contributed by atoms with Crippen LogP contribution >= 0.6 is 0 Å². The largest absolute Gasteiger partial charge is 0.456 e. The lowest BCUT2D eigenvalue weighted by Gasteiger charge is -2.11. The van der Waals surface area contributed by atoms with Crippen molar-refractivity contribution in [3.8, 4) is 44.5 Å². The molecule has 0 saturated carbocycles. The number of para-hydroxylation sites is 1. The summed E-state index contributed by atoms with van der Waals surface area (Å²) < 4.78 is 6.13. The van der Waals surface area contributed by atoms with Gasteiger partial charge < -0.3 is 9.73 Å². The Hall–Kier alpha value is -5.86. The molecule has 0 saturated heterocycles. The van der Waals surface area contributed by atoms with E-state index in [1.807, 2.05) is 12.1 Å². The van der Waals surface area contributed by atoms with Crippen molar-refractivity contribution in [1.82, 2.24) is 0 Å². The first-order chi connectivity index (χ1) is 21.8. The zero-order valence-electron chi connectivity index (χ0n) is 24.1. The fraction of sp³-hybridized carbons (Fsp3) is 0. The van der Waals surface area contributed by atoms with Crippen LogP contribution in [0.15, 0.2) is 174 Å². The van der Waals surface area contributed by atoms with Gasteiger partial charge in [-0.25, -0.2) is 0 Å². The van der Waals surface area contributed by atoms with Crippen molar-refractivity contribution in [2.75, 3.05) is 5.32 Å². The molecule has 1 heterocycles. The van der Waals surface area contributed by atoms with Crippen molar-refractivity contribution in [2.24, 2.45) is 0 Å². The molecule has 0 aliphatic rings. The van der Waals surface area contributed by atoms with E-state index in [9.17, 15) is 0 Å². The Labute approximate surface area is 256 Å². The Kier molecular flexibility index (Phi) is 6.51. The molecule has 1 N–H and O–H groups in total. The first-order valence-corrected chi connectivity index (χ1v) is 14.9. The van der Waals surface area contributed by atoms with Gasteiger partial charge in [0, 0.05) is 22.1 Å². The molecule has 0 amide bonds. The van der Waals surface area contributed by atoms with Gasteiger partial charge in [0.1, 0.15) is 11.2 Å². The highest BCUT2D eigenvalue weighted by Gasteiger charge is 2.09. The molecule has 0 atom stereocenters. The Bertz CT molecular complexity index is 2230. The number of rotatable bonds is 6. The minimum Gasteiger partial charge on any atom is -0.456 e. The molecule has 7 aromatic carbocycles. The molecule has 0 radical (unpaired) electrons. The predicted molar refractivity (Wildman–Crippen MR) is 185 cm³/mol. The Balaban J connectivity index is 0.987. The predicted octanol–water partition coefficient (Wildman–Crippen LogP) is 12.0. The number of hydrogen-bond acceptors (Lipinski definition) is 2. The fourth-order valence-electron chi connectivity index (χ4n) is 5.95. The van der Waals surface area contributed by atoms with Gasteiger partial charge in [-0.3, -0.25) is 0 Å². The normalized spacial score (nSPS) is 11.2. The zero-order valence-corrected chi connectivity index (χ0v) is 24.1. The number of nitrogens with one attached hydrogen (secondary N) is 1. The summed E-state index contributed by atoms with van der Waals surface area (Å²) >= 11 is 0. The Morgan fingerprint density at radius 2 is 0.727 bits per heavy atom. The topological polar surface area (TPSA) is 25.2 Å². The third kappa shape index (κ3) is 5.04. The standard InChI is InChI=1S/C42H29NO/c1-2-8-29(9-3-1)32-10-6-11-33(26-32)30-16-21-37(22-17-30)43-38-23-18-31(19-24-38)34-12-7-13-35(27-34)36-20-25-40-39-14-4-5-15-41(39)44-42(40)28-36/h1-28,43H. The molecule has 8 rings (SSSR count). The molecular formula is C42H29NO. The molecule has 0 aliphatic carbocycles. The summed E-state index contributed by atoms with van der Waals surface area (Å²) in [6.07, 6.45) is 0. The highest BCUT2D eigenvalue weighted by molar-refractivity contribution is 6.05. The number of benzene rings is 7. The van der Waals surface area contributed by atoms with E-state index in [1.54, 1.807) is 0 Å². The molecule has 44 heavy (non-hydrogen) atoms. The second-order valence-electron chi connectivity index (χ2n) is 11.1. The minimum absolute atomic E-state index is 0.915. The molecule has 2 heteroatoms. The maximum atomic E-state index is 6.13. The van der Waals surface area contributed by atoms with Gasteiger partial charge in [-0.05, 0) is 99.1 Å². The van der Waals surface area contributed by atoms with E-state index in [0.29, 0.717) is 0 Å². The zero-order chi connectivity index (χ0) is 29.3. The van der Waals surface area contributed by atoms with Gasteiger partial charge in [-0.2, -0.15) is 0 Å². The molecule has 208 valence electrons. The quantitative estimate of drug-likeness (QED) is 0.218. The van der Waals surface area contributed by atoms with Gasteiger partial charge in [-0.15, -0.1) is 0 Å². The molecule has 1 aromatic heterocycles. The van der Waals surface area contributed by atoms with E-state index < -0.39 is 0 Å². The van der Waals surface area contributed by atoms with Gasteiger partial charge in [0.25, 0.3) is 0 Å². The summed E-state index contributed by atoms with van der Waals surface area (Å²) in [6, 6.07) is 59.9. The molecule has 8 aromatic rings.